The molecule has 0 saturated carbocycles. The molecule has 1 aliphatic heterocycles. The number of hydrogen-bond donors (Lipinski definition) is 0. The Balaban J connectivity index is 2.12. The number of morpholine rings is 1. The highest BCUT2D eigenvalue weighted by Gasteiger charge is 2.19. The Morgan fingerprint density at radius 1 is 1.19 bits per heavy atom. The zero-order chi connectivity index (χ0) is 14.7. The minimum absolute atomic E-state index is 0.389. The molecule has 2 aromatic rings. The van der Waals surface area contributed by atoms with E-state index in [9.17, 15) is 0 Å². The fraction of sp³-hybridized carbons (Fsp3) is 0.235. The van der Waals surface area contributed by atoms with Crippen molar-refractivity contribution < 1.29 is 9.47 Å². The number of thiocarbonyl (C=S) groups is 1. The van der Waals surface area contributed by atoms with Gasteiger partial charge in [0, 0.05) is 18.5 Å². The topological polar surface area (TPSA) is 21.7 Å². The summed E-state index contributed by atoms with van der Waals surface area (Å²) in [6.45, 7) is 6.83. The molecule has 0 spiro atoms. The lowest BCUT2D eigenvalue weighted by molar-refractivity contribution is 0.122. The molecule has 0 unspecified atom stereocenters. The van der Waals surface area contributed by atoms with Crippen LogP contribution in [0, 0.1) is 0 Å². The smallest absolute Gasteiger partial charge is 0.190 e. The number of ether oxygens (including phenoxy) is 2. The van der Waals surface area contributed by atoms with Crippen LogP contribution < -0.4 is 9.64 Å². The first-order chi connectivity index (χ1) is 10.3. The van der Waals surface area contributed by atoms with E-state index in [0.29, 0.717) is 5.05 Å². The predicted molar refractivity (Wildman–Crippen MR) is 90.4 cm³/mol. The van der Waals surface area contributed by atoms with E-state index in [1.165, 1.54) is 10.8 Å². The largest absolute Gasteiger partial charge is 0.444 e. The van der Waals surface area contributed by atoms with Gasteiger partial charge >= 0.3 is 0 Å². The Bertz CT molecular complexity index is 678. The standard InChI is InChI=1S/C17H17NO2S/c1-2-16(21)20-15-8-7-13-5-3-4-6-14(13)17(15)18-9-11-19-12-10-18/h2-8H,1,9-12H2. The molecule has 1 saturated heterocycles. The maximum absolute atomic E-state index is 5.79. The molecule has 21 heavy (non-hydrogen) atoms. The summed E-state index contributed by atoms with van der Waals surface area (Å²) in [5.41, 5.74) is 1.08. The third-order valence-corrected chi connectivity index (χ3v) is 3.82. The molecule has 3 nitrogen and oxygen atoms in total. The maximum atomic E-state index is 5.79. The molecule has 0 aliphatic carbocycles. The molecule has 0 aromatic heterocycles. The highest BCUT2D eigenvalue weighted by molar-refractivity contribution is 7.80. The fourth-order valence-corrected chi connectivity index (χ4v) is 2.67. The van der Waals surface area contributed by atoms with Crippen molar-refractivity contribution in [1.29, 1.82) is 0 Å². The second-order valence-corrected chi connectivity index (χ2v) is 5.26. The third kappa shape index (κ3) is 2.91. The van der Waals surface area contributed by atoms with Gasteiger partial charge in [-0.05, 0) is 29.7 Å². The summed E-state index contributed by atoms with van der Waals surface area (Å²) in [7, 11) is 0. The van der Waals surface area contributed by atoms with Crippen molar-refractivity contribution in [2.75, 3.05) is 31.2 Å². The van der Waals surface area contributed by atoms with Gasteiger partial charge in [0.25, 0.3) is 0 Å². The van der Waals surface area contributed by atoms with Crippen molar-refractivity contribution >= 4 is 33.7 Å². The molecule has 3 rings (SSSR count). The van der Waals surface area contributed by atoms with Crippen molar-refractivity contribution in [2.45, 2.75) is 0 Å². The summed E-state index contributed by atoms with van der Waals surface area (Å²) >= 11 is 5.14. The van der Waals surface area contributed by atoms with Crippen molar-refractivity contribution in [3.05, 3.63) is 49.1 Å². The van der Waals surface area contributed by atoms with Crippen molar-refractivity contribution in [3.8, 4) is 5.75 Å². The van der Waals surface area contributed by atoms with Crippen molar-refractivity contribution in [2.24, 2.45) is 0 Å². The molecule has 0 radical (unpaired) electrons. The molecule has 4 heteroatoms. The van der Waals surface area contributed by atoms with E-state index in [1.54, 1.807) is 6.08 Å². The number of fused-ring (bicyclic) bond motifs is 1. The van der Waals surface area contributed by atoms with Gasteiger partial charge in [0.15, 0.2) is 10.8 Å². The molecular formula is C17H17NO2S. The van der Waals surface area contributed by atoms with Gasteiger partial charge in [0.1, 0.15) is 0 Å². The molecular weight excluding hydrogens is 282 g/mol. The molecule has 0 N–H and O–H groups in total. The van der Waals surface area contributed by atoms with Crippen LogP contribution in [-0.2, 0) is 4.74 Å². The lowest BCUT2D eigenvalue weighted by Gasteiger charge is -2.31. The van der Waals surface area contributed by atoms with Gasteiger partial charge in [-0.2, -0.15) is 0 Å². The van der Waals surface area contributed by atoms with Gasteiger partial charge in [-0.25, -0.2) is 0 Å². The van der Waals surface area contributed by atoms with Crippen LogP contribution in [0.25, 0.3) is 10.8 Å². The summed E-state index contributed by atoms with van der Waals surface area (Å²) in [5.74, 6) is 0.778. The average molecular weight is 299 g/mol. The van der Waals surface area contributed by atoms with Crippen LogP contribution in [0.4, 0.5) is 5.69 Å². The maximum Gasteiger partial charge on any atom is 0.190 e. The lowest BCUT2D eigenvalue weighted by Crippen LogP contribution is -2.36. The van der Waals surface area contributed by atoms with Gasteiger partial charge in [-0.1, -0.05) is 36.9 Å². The van der Waals surface area contributed by atoms with Crippen molar-refractivity contribution in [1.82, 2.24) is 0 Å². The molecule has 108 valence electrons. The molecule has 0 bridgehead atoms. The second kappa shape index (κ2) is 6.24. The SMILES string of the molecule is C=CC(=S)Oc1ccc2ccccc2c1N1CCOCC1. The summed E-state index contributed by atoms with van der Waals surface area (Å²) in [5, 5.41) is 2.75. The molecule has 1 aliphatic rings. The molecule has 1 heterocycles. The first-order valence-corrected chi connectivity index (χ1v) is 7.39. The van der Waals surface area contributed by atoms with E-state index in [-0.39, 0.29) is 0 Å². The molecule has 1 fully saturated rings. The van der Waals surface area contributed by atoms with E-state index in [0.717, 1.165) is 37.7 Å². The average Bonchev–Trinajstić information content (AvgIpc) is 2.55. The van der Waals surface area contributed by atoms with Crippen LogP contribution in [0.5, 0.6) is 5.75 Å². The van der Waals surface area contributed by atoms with Crippen LogP contribution in [0.1, 0.15) is 0 Å². The van der Waals surface area contributed by atoms with Gasteiger partial charge in [0.05, 0.1) is 18.9 Å². The fourth-order valence-electron chi connectivity index (χ4n) is 2.58. The van der Waals surface area contributed by atoms with Gasteiger partial charge < -0.3 is 14.4 Å². The van der Waals surface area contributed by atoms with Crippen LogP contribution in [-0.4, -0.2) is 31.4 Å². The number of hydrogen-bond acceptors (Lipinski definition) is 4. The predicted octanol–water partition coefficient (Wildman–Crippen LogP) is 3.57. The van der Waals surface area contributed by atoms with Crippen LogP contribution in [0.2, 0.25) is 0 Å². The highest BCUT2D eigenvalue weighted by atomic mass is 32.1. The summed E-state index contributed by atoms with van der Waals surface area (Å²) < 4.78 is 11.2. The van der Waals surface area contributed by atoms with Crippen molar-refractivity contribution in [3.63, 3.8) is 0 Å². The normalized spacial score (nSPS) is 15.0. The molecule has 2 aromatic carbocycles. The van der Waals surface area contributed by atoms with Crippen LogP contribution in [0.3, 0.4) is 0 Å². The van der Waals surface area contributed by atoms with Gasteiger partial charge in [-0.15, -0.1) is 0 Å². The zero-order valence-electron chi connectivity index (χ0n) is 11.7. The summed E-state index contributed by atoms with van der Waals surface area (Å²) in [6.07, 6.45) is 1.55. The third-order valence-electron chi connectivity index (χ3n) is 3.57. The quantitative estimate of drug-likeness (QED) is 0.638. The van der Waals surface area contributed by atoms with Gasteiger partial charge in [0.2, 0.25) is 0 Å². The monoisotopic (exact) mass is 299 g/mol. The Labute approximate surface area is 129 Å². The van der Waals surface area contributed by atoms with Gasteiger partial charge in [-0.3, -0.25) is 0 Å². The minimum Gasteiger partial charge on any atom is -0.444 e. The Morgan fingerprint density at radius 2 is 1.95 bits per heavy atom. The zero-order valence-corrected chi connectivity index (χ0v) is 12.6. The van der Waals surface area contributed by atoms with E-state index in [2.05, 4.69) is 29.7 Å². The minimum atomic E-state index is 0.389. The first kappa shape index (κ1) is 14.0. The summed E-state index contributed by atoms with van der Waals surface area (Å²) in [4.78, 5) is 2.30. The lowest BCUT2D eigenvalue weighted by atomic mass is 10.1. The Kier molecular flexibility index (Phi) is 4.18. The molecule has 0 atom stereocenters. The highest BCUT2D eigenvalue weighted by Crippen LogP contribution is 2.37. The number of rotatable bonds is 3. The van der Waals surface area contributed by atoms with Crippen LogP contribution in [0.15, 0.2) is 49.1 Å². The Hall–Kier alpha value is -1.91. The second-order valence-electron chi connectivity index (χ2n) is 4.86. The number of benzene rings is 2. The first-order valence-electron chi connectivity index (χ1n) is 6.98. The van der Waals surface area contributed by atoms with E-state index in [1.807, 2.05) is 18.2 Å². The van der Waals surface area contributed by atoms with E-state index < -0.39 is 0 Å². The number of nitrogens with zero attached hydrogens (tertiary/aromatic N) is 1. The van der Waals surface area contributed by atoms with E-state index in [4.69, 9.17) is 21.7 Å². The van der Waals surface area contributed by atoms with E-state index >= 15 is 0 Å². The van der Waals surface area contributed by atoms with Crippen LogP contribution >= 0.6 is 12.2 Å². The molecule has 0 amide bonds. The number of anilines is 1. The summed E-state index contributed by atoms with van der Waals surface area (Å²) in [6, 6.07) is 12.3. The Morgan fingerprint density at radius 3 is 2.71 bits per heavy atom.